The fourth-order valence-corrected chi connectivity index (χ4v) is 2.34. The van der Waals surface area contributed by atoms with Gasteiger partial charge in [-0.15, -0.1) is 0 Å². The number of hydrogen-bond donors (Lipinski definition) is 2. The van der Waals surface area contributed by atoms with Gasteiger partial charge in [0.2, 0.25) is 5.91 Å². The van der Waals surface area contributed by atoms with Gasteiger partial charge in [-0.3, -0.25) is 9.59 Å². The molecule has 0 saturated carbocycles. The van der Waals surface area contributed by atoms with Crippen LogP contribution in [-0.4, -0.2) is 23.9 Å². The highest BCUT2D eigenvalue weighted by molar-refractivity contribution is 6.35. The number of hydrogen-bond acceptors (Lipinski definition) is 4. The smallest absolute Gasteiger partial charge is 0.338 e. The molecule has 0 aromatic heterocycles. The summed E-state index contributed by atoms with van der Waals surface area (Å²) in [7, 11) is 0. The zero-order valence-corrected chi connectivity index (χ0v) is 15.5. The molecule has 0 heterocycles. The molecule has 0 radical (unpaired) electrons. The van der Waals surface area contributed by atoms with E-state index >= 15 is 0 Å². The molecule has 26 heavy (non-hydrogen) atoms. The molecule has 0 aliphatic rings. The maximum Gasteiger partial charge on any atom is 0.338 e. The van der Waals surface area contributed by atoms with Gasteiger partial charge in [0.15, 0.2) is 6.10 Å². The van der Waals surface area contributed by atoms with Gasteiger partial charge in [-0.25, -0.2) is 4.79 Å². The van der Waals surface area contributed by atoms with Crippen LogP contribution in [0.1, 0.15) is 24.2 Å². The minimum atomic E-state index is -1.05. The monoisotopic (exact) mass is 394 g/mol. The van der Waals surface area contributed by atoms with E-state index in [-0.39, 0.29) is 11.5 Å². The van der Waals surface area contributed by atoms with Gasteiger partial charge in [-0.2, -0.15) is 0 Å². The quantitative estimate of drug-likeness (QED) is 0.746. The fraction of sp³-hybridized carbons (Fsp3) is 0.167. The maximum absolute atomic E-state index is 12.2. The molecule has 0 unspecified atom stereocenters. The second-order valence-corrected chi connectivity index (χ2v) is 6.26. The molecule has 0 fully saturated rings. The molecule has 2 N–H and O–H groups in total. The van der Waals surface area contributed by atoms with Crippen molar-refractivity contribution in [2.45, 2.75) is 20.0 Å². The molecule has 6 nitrogen and oxygen atoms in total. The first-order valence-electron chi connectivity index (χ1n) is 7.61. The lowest BCUT2D eigenvalue weighted by Gasteiger charge is -2.14. The minimum Gasteiger partial charge on any atom is -0.449 e. The van der Waals surface area contributed by atoms with Gasteiger partial charge in [0.1, 0.15) is 0 Å². The lowest BCUT2D eigenvalue weighted by Crippen LogP contribution is -2.30. The summed E-state index contributed by atoms with van der Waals surface area (Å²) in [5, 5.41) is 5.87. The van der Waals surface area contributed by atoms with Gasteiger partial charge >= 0.3 is 5.97 Å². The van der Waals surface area contributed by atoms with E-state index < -0.39 is 18.0 Å². The summed E-state index contributed by atoms with van der Waals surface area (Å²) in [5.74, 6) is -1.43. The number of carbonyl (C=O) groups is 3. The van der Waals surface area contributed by atoms with Crippen molar-refractivity contribution < 1.29 is 19.1 Å². The van der Waals surface area contributed by atoms with Crippen LogP contribution in [0.2, 0.25) is 10.0 Å². The maximum atomic E-state index is 12.2. The van der Waals surface area contributed by atoms with Crippen molar-refractivity contribution in [3.05, 3.63) is 58.1 Å². The third-order valence-corrected chi connectivity index (χ3v) is 3.84. The first-order valence-corrected chi connectivity index (χ1v) is 8.36. The van der Waals surface area contributed by atoms with E-state index in [1.165, 1.54) is 32.0 Å². The predicted molar refractivity (Wildman–Crippen MR) is 101 cm³/mol. The van der Waals surface area contributed by atoms with Crippen molar-refractivity contribution in [3.63, 3.8) is 0 Å². The topological polar surface area (TPSA) is 84.5 Å². The van der Waals surface area contributed by atoms with E-state index in [4.69, 9.17) is 27.9 Å². The molecular formula is C18H16Cl2N2O4. The largest absolute Gasteiger partial charge is 0.449 e. The highest BCUT2D eigenvalue weighted by Gasteiger charge is 2.20. The van der Waals surface area contributed by atoms with Gasteiger partial charge in [0, 0.05) is 17.6 Å². The summed E-state index contributed by atoms with van der Waals surface area (Å²) >= 11 is 11.9. The molecule has 0 spiro atoms. The molecule has 0 bridgehead atoms. The van der Waals surface area contributed by atoms with Crippen LogP contribution in [0, 0.1) is 0 Å². The third kappa shape index (κ3) is 5.47. The average Bonchev–Trinajstić information content (AvgIpc) is 2.58. The van der Waals surface area contributed by atoms with Crippen LogP contribution in [0.25, 0.3) is 0 Å². The molecule has 0 saturated heterocycles. The summed E-state index contributed by atoms with van der Waals surface area (Å²) < 4.78 is 5.15. The molecule has 2 amide bonds. The van der Waals surface area contributed by atoms with E-state index in [9.17, 15) is 14.4 Å². The first kappa shape index (κ1) is 19.8. The number of halogens is 2. The normalized spacial score (nSPS) is 11.4. The van der Waals surface area contributed by atoms with Crippen LogP contribution >= 0.6 is 23.2 Å². The van der Waals surface area contributed by atoms with Gasteiger partial charge in [-0.05, 0) is 49.4 Å². The molecule has 2 rings (SSSR count). The molecular weight excluding hydrogens is 379 g/mol. The van der Waals surface area contributed by atoms with Gasteiger partial charge < -0.3 is 15.4 Å². The van der Waals surface area contributed by atoms with Gasteiger partial charge in [0.25, 0.3) is 5.91 Å². The minimum absolute atomic E-state index is 0.217. The number of ether oxygens (including phenoxy) is 1. The van der Waals surface area contributed by atoms with Crippen molar-refractivity contribution in [2.24, 2.45) is 0 Å². The molecule has 0 aliphatic heterocycles. The van der Waals surface area contributed by atoms with Crippen LogP contribution < -0.4 is 10.6 Å². The number of rotatable bonds is 5. The molecule has 136 valence electrons. The van der Waals surface area contributed by atoms with E-state index in [1.54, 1.807) is 24.3 Å². The number of nitrogens with one attached hydrogen (secondary N) is 2. The Labute approximate surface area is 160 Å². The van der Waals surface area contributed by atoms with Crippen molar-refractivity contribution in [2.75, 3.05) is 10.6 Å². The van der Waals surface area contributed by atoms with Crippen LogP contribution in [0.15, 0.2) is 42.5 Å². The molecule has 1 atom stereocenters. The fourth-order valence-electron chi connectivity index (χ4n) is 2.00. The van der Waals surface area contributed by atoms with E-state index in [2.05, 4.69) is 10.6 Å². The Bertz CT molecular complexity index is 838. The number of amides is 2. The Balaban J connectivity index is 1.98. The van der Waals surface area contributed by atoms with Crippen LogP contribution in [0.3, 0.4) is 0 Å². The third-order valence-electron chi connectivity index (χ3n) is 3.28. The van der Waals surface area contributed by atoms with Crippen LogP contribution in [0.4, 0.5) is 11.4 Å². The van der Waals surface area contributed by atoms with Crippen LogP contribution in [0.5, 0.6) is 0 Å². The van der Waals surface area contributed by atoms with Gasteiger partial charge in [-0.1, -0.05) is 23.2 Å². The summed E-state index contributed by atoms with van der Waals surface area (Å²) in [5.41, 5.74) is 1.13. The number of esters is 1. The molecule has 2 aromatic carbocycles. The van der Waals surface area contributed by atoms with Crippen molar-refractivity contribution in [3.8, 4) is 0 Å². The summed E-state index contributed by atoms with van der Waals surface area (Å²) in [6, 6.07) is 10.7. The zero-order valence-electron chi connectivity index (χ0n) is 14.0. The van der Waals surface area contributed by atoms with E-state index in [0.717, 1.165) is 0 Å². The Kier molecular flexibility index (Phi) is 6.60. The number of benzene rings is 2. The highest BCUT2D eigenvalue weighted by Crippen LogP contribution is 2.25. The summed E-state index contributed by atoms with van der Waals surface area (Å²) in [6.45, 7) is 2.83. The van der Waals surface area contributed by atoms with E-state index in [0.29, 0.717) is 21.4 Å². The van der Waals surface area contributed by atoms with E-state index in [1.807, 2.05) is 0 Å². The highest BCUT2D eigenvalue weighted by atomic mass is 35.5. The lowest BCUT2D eigenvalue weighted by atomic mass is 10.2. The van der Waals surface area contributed by atoms with Gasteiger partial charge in [0.05, 0.1) is 16.3 Å². The lowest BCUT2D eigenvalue weighted by molar-refractivity contribution is -0.123. The Morgan fingerprint density at radius 2 is 1.65 bits per heavy atom. The summed E-state index contributed by atoms with van der Waals surface area (Å²) in [6.07, 6.45) is -1.05. The first-order chi connectivity index (χ1) is 12.3. The SMILES string of the molecule is CC(=O)Nc1ccc(C(=O)O[C@H](C)C(=O)Nc2cc(Cl)ccc2Cl)cc1. The molecule has 2 aromatic rings. The average molecular weight is 395 g/mol. The predicted octanol–water partition coefficient (Wildman–Crippen LogP) is 4.14. The second kappa shape index (κ2) is 8.69. The Hall–Kier alpha value is -2.57. The summed E-state index contributed by atoms with van der Waals surface area (Å²) in [4.78, 5) is 35.3. The standard InChI is InChI=1S/C18H16Cl2N2O4/c1-10(17(24)22-16-9-13(19)5-8-15(16)20)26-18(25)12-3-6-14(7-4-12)21-11(2)23/h3-10H,1-2H3,(H,21,23)(H,22,24)/t10-/m1/s1. The zero-order chi connectivity index (χ0) is 19.3. The second-order valence-electron chi connectivity index (χ2n) is 5.42. The van der Waals surface area contributed by atoms with Crippen molar-refractivity contribution >= 4 is 52.4 Å². The Morgan fingerprint density at radius 1 is 1.00 bits per heavy atom. The van der Waals surface area contributed by atoms with Crippen LogP contribution in [-0.2, 0) is 14.3 Å². The Morgan fingerprint density at radius 3 is 2.27 bits per heavy atom. The number of anilines is 2. The molecule has 8 heteroatoms. The number of carbonyl (C=O) groups excluding carboxylic acids is 3. The molecule has 0 aliphatic carbocycles. The van der Waals surface area contributed by atoms with Crippen molar-refractivity contribution in [1.29, 1.82) is 0 Å². The van der Waals surface area contributed by atoms with Crippen molar-refractivity contribution in [1.82, 2.24) is 0 Å².